The predicted molar refractivity (Wildman–Crippen MR) is 151 cm³/mol. The van der Waals surface area contributed by atoms with E-state index < -0.39 is 0 Å². The van der Waals surface area contributed by atoms with Gasteiger partial charge in [0.15, 0.2) is 11.6 Å². The van der Waals surface area contributed by atoms with E-state index in [1.165, 1.54) is 0 Å². The van der Waals surface area contributed by atoms with Crippen LogP contribution < -0.4 is 15.6 Å². The molecule has 38 heavy (non-hydrogen) atoms. The Morgan fingerprint density at radius 2 is 1.92 bits per heavy atom. The van der Waals surface area contributed by atoms with Crippen molar-refractivity contribution in [1.82, 2.24) is 19.9 Å². The highest BCUT2D eigenvalue weighted by Crippen LogP contribution is 2.36. The van der Waals surface area contributed by atoms with Gasteiger partial charge in [-0.3, -0.25) is 9.36 Å². The number of hydrogen-bond acceptors (Lipinski definition) is 7. The van der Waals surface area contributed by atoms with Crippen molar-refractivity contribution in [3.63, 3.8) is 0 Å². The summed E-state index contributed by atoms with van der Waals surface area (Å²) < 4.78 is 8.83. The summed E-state index contributed by atoms with van der Waals surface area (Å²) in [4.78, 5) is 23.1. The highest BCUT2D eigenvalue weighted by atomic mass is 32.1. The number of benzene rings is 2. The average molecular weight is 522 g/mol. The van der Waals surface area contributed by atoms with Crippen LogP contribution in [-0.4, -0.2) is 34.2 Å². The minimum absolute atomic E-state index is 0.0611. The van der Waals surface area contributed by atoms with Gasteiger partial charge in [0.25, 0.3) is 5.56 Å². The van der Waals surface area contributed by atoms with Gasteiger partial charge in [-0.15, -0.1) is 11.3 Å². The zero-order valence-corrected chi connectivity index (χ0v) is 21.9. The number of nitrogens with one attached hydrogen (secondary N) is 1. The summed E-state index contributed by atoms with van der Waals surface area (Å²) in [6, 6.07) is 19.2. The van der Waals surface area contributed by atoms with Crippen LogP contribution in [0.4, 0.5) is 0 Å². The van der Waals surface area contributed by atoms with Crippen LogP contribution in [-0.2, 0) is 0 Å². The van der Waals surface area contributed by atoms with Gasteiger partial charge in [0.05, 0.1) is 36.7 Å². The molecule has 2 aromatic carbocycles. The first kappa shape index (κ1) is 24.3. The quantitative estimate of drug-likeness (QED) is 0.316. The first-order valence-electron chi connectivity index (χ1n) is 12.8. The van der Waals surface area contributed by atoms with Crippen molar-refractivity contribution in [2.24, 2.45) is 5.92 Å². The molecule has 0 amide bonds. The lowest BCUT2D eigenvalue weighted by Gasteiger charge is -2.22. The summed E-state index contributed by atoms with van der Waals surface area (Å²) in [5.41, 5.74) is 2.42. The SMILES string of the molecule is C[C@H](c1cccc(-c2ncc(OCC3CCNCC3)cn2)c1)n1c(=O)ccc2c3cc(C#N)ccc3sc21. The highest BCUT2D eigenvalue weighted by molar-refractivity contribution is 7.25. The first-order chi connectivity index (χ1) is 18.6. The molecule has 5 aromatic rings. The molecular weight excluding hydrogens is 494 g/mol. The van der Waals surface area contributed by atoms with Crippen LogP contribution >= 0.6 is 11.3 Å². The second-order valence-corrected chi connectivity index (χ2v) is 10.8. The van der Waals surface area contributed by atoms with E-state index in [4.69, 9.17) is 4.74 Å². The Hall–Kier alpha value is -4.06. The topological polar surface area (TPSA) is 92.8 Å². The van der Waals surface area contributed by atoms with Crippen molar-refractivity contribution < 1.29 is 4.74 Å². The Morgan fingerprint density at radius 1 is 1.11 bits per heavy atom. The molecule has 0 spiro atoms. The highest BCUT2D eigenvalue weighted by Gasteiger charge is 2.18. The number of aromatic nitrogens is 3. The molecule has 7 nitrogen and oxygen atoms in total. The van der Waals surface area contributed by atoms with E-state index in [-0.39, 0.29) is 11.6 Å². The molecule has 1 aliphatic rings. The summed E-state index contributed by atoms with van der Waals surface area (Å²) in [6.07, 6.45) is 5.72. The summed E-state index contributed by atoms with van der Waals surface area (Å²) in [5, 5.41) is 14.7. The van der Waals surface area contributed by atoms with E-state index in [0.717, 1.165) is 57.4 Å². The molecule has 0 saturated carbocycles. The van der Waals surface area contributed by atoms with Crippen molar-refractivity contribution >= 4 is 31.6 Å². The number of nitrogens with zero attached hydrogens (tertiary/aromatic N) is 4. The van der Waals surface area contributed by atoms with E-state index in [2.05, 4.69) is 21.4 Å². The third-order valence-electron chi connectivity index (χ3n) is 7.27. The molecule has 8 heteroatoms. The monoisotopic (exact) mass is 521 g/mol. The second kappa shape index (κ2) is 10.4. The molecule has 1 saturated heterocycles. The lowest BCUT2D eigenvalue weighted by Crippen LogP contribution is -2.30. The molecule has 1 N–H and O–H groups in total. The summed E-state index contributed by atoms with van der Waals surface area (Å²) in [5.74, 6) is 1.86. The van der Waals surface area contributed by atoms with Gasteiger partial charge in [-0.2, -0.15) is 5.26 Å². The maximum absolute atomic E-state index is 13.1. The third kappa shape index (κ3) is 4.67. The Bertz CT molecular complexity index is 1710. The maximum Gasteiger partial charge on any atom is 0.252 e. The van der Waals surface area contributed by atoms with E-state index in [0.29, 0.717) is 29.7 Å². The number of thiophene rings is 1. The van der Waals surface area contributed by atoms with E-state index in [1.54, 1.807) is 29.8 Å². The van der Waals surface area contributed by atoms with Crippen LogP contribution in [0.25, 0.3) is 31.7 Å². The van der Waals surface area contributed by atoms with Gasteiger partial charge in [-0.25, -0.2) is 9.97 Å². The van der Waals surface area contributed by atoms with Crippen molar-refractivity contribution in [2.45, 2.75) is 25.8 Å². The minimum Gasteiger partial charge on any atom is -0.490 e. The van der Waals surface area contributed by atoms with Gasteiger partial charge in [-0.1, -0.05) is 18.2 Å². The number of rotatable bonds is 6. The van der Waals surface area contributed by atoms with Crippen LogP contribution in [0.15, 0.2) is 71.8 Å². The Morgan fingerprint density at radius 3 is 2.71 bits per heavy atom. The van der Waals surface area contributed by atoms with Crippen LogP contribution in [0.1, 0.15) is 36.9 Å². The van der Waals surface area contributed by atoms with Crippen molar-refractivity contribution in [3.05, 3.63) is 88.5 Å². The molecule has 1 aliphatic heterocycles. The van der Waals surface area contributed by atoms with Gasteiger partial charge >= 0.3 is 0 Å². The van der Waals surface area contributed by atoms with Crippen LogP contribution in [0.5, 0.6) is 5.75 Å². The molecule has 190 valence electrons. The largest absolute Gasteiger partial charge is 0.490 e. The van der Waals surface area contributed by atoms with Crippen LogP contribution in [0, 0.1) is 17.2 Å². The average Bonchev–Trinajstić information content (AvgIpc) is 3.34. The molecule has 4 heterocycles. The number of fused-ring (bicyclic) bond motifs is 3. The van der Waals surface area contributed by atoms with Crippen LogP contribution in [0.3, 0.4) is 0 Å². The Kier molecular flexibility index (Phi) is 6.62. The molecule has 0 radical (unpaired) electrons. The summed E-state index contributed by atoms with van der Waals surface area (Å²) in [7, 11) is 0. The molecule has 0 aliphatic carbocycles. The summed E-state index contributed by atoms with van der Waals surface area (Å²) >= 11 is 1.57. The van der Waals surface area contributed by atoms with Gasteiger partial charge in [0, 0.05) is 27.1 Å². The Labute approximate surface area is 224 Å². The van der Waals surface area contributed by atoms with E-state index in [9.17, 15) is 10.1 Å². The fraction of sp³-hybridized carbons (Fsp3) is 0.267. The molecular formula is C30H27N5O2S. The van der Waals surface area contributed by atoms with Crippen LogP contribution in [0.2, 0.25) is 0 Å². The zero-order chi connectivity index (χ0) is 26.1. The van der Waals surface area contributed by atoms with Crippen molar-refractivity contribution in [3.8, 4) is 23.2 Å². The summed E-state index contributed by atoms with van der Waals surface area (Å²) in [6.45, 7) is 4.81. The van der Waals surface area contributed by atoms with Crippen molar-refractivity contribution in [2.75, 3.05) is 19.7 Å². The number of ether oxygens (including phenoxy) is 1. The molecule has 1 atom stereocenters. The fourth-order valence-electron chi connectivity index (χ4n) is 5.10. The molecule has 0 unspecified atom stereocenters. The predicted octanol–water partition coefficient (Wildman–Crippen LogP) is 5.53. The lowest BCUT2D eigenvalue weighted by molar-refractivity contribution is 0.214. The Balaban J connectivity index is 1.28. The number of nitriles is 1. The van der Waals surface area contributed by atoms with Gasteiger partial charge in [-0.05, 0) is 74.7 Å². The molecule has 6 rings (SSSR count). The fourth-order valence-corrected chi connectivity index (χ4v) is 6.36. The minimum atomic E-state index is -0.206. The van der Waals surface area contributed by atoms with E-state index in [1.807, 2.05) is 60.0 Å². The lowest BCUT2D eigenvalue weighted by atomic mass is 9.99. The molecule has 1 fully saturated rings. The number of pyridine rings is 1. The first-order valence-corrected chi connectivity index (χ1v) is 13.7. The van der Waals surface area contributed by atoms with Gasteiger partial charge in [0.2, 0.25) is 0 Å². The maximum atomic E-state index is 13.1. The number of piperidine rings is 1. The van der Waals surface area contributed by atoms with E-state index >= 15 is 0 Å². The third-order valence-corrected chi connectivity index (χ3v) is 8.46. The normalized spacial score (nSPS) is 14.9. The second-order valence-electron chi connectivity index (χ2n) is 9.73. The van der Waals surface area contributed by atoms with Crippen molar-refractivity contribution in [1.29, 1.82) is 5.26 Å². The molecule has 0 bridgehead atoms. The smallest absolute Gasteiger partial charge is 0.252 e. The standard InChI is InChI=1S/C30H27N5O2S/c1-19(35-28(36)8-6-25-26-13-21(15-31)5-7-27(26)38-30(25)35)22-3-2-4-23(14-22)29-33-16-24(17-34-29)37-18-20-9-11-32-12-10-20/h2-8,13-14,16-17,19-20,32H,9-12,18H2,1H3/t19-/m1/s1. The zero-order valence-electron chi connectivity index (χ0n) is 21.1. The number of hydrogen-bond donors (Lipinski definition) is 1. The molecule has 3 aromatic heterocycles. The van der Waals surface area contributed by atoms with Gasteiger partial charge in [0.1, 0.15) is 4.83 Å². The van der Waals surface area contributed by atoms with Gasteiger partial charge < -0.3 is 10.1 Å².